The van der Waals surface area contributed by atoms with Crippen molar-refractivity contribution >= 4 is 17.5 Å². The maximum absolute atomic E-state index is 12.0. The van der Waals surface area contributed by atoms with Gasteiger partial charge in [0, 0.05) is 37.2 Å². The van der Waals surface area contributed by atoms with Gasteiger partial charge in [-0.2, -0.15) is 5.10 Å². The maximum atomic E-state index is 12.0. The Balaban J connectivity index is 1.49. The van der Waals surface area contributed by atoms with Crippen LogP contribution in [0.5, 0.6) is 0 Å². The van der Waals surface area contributed by atoms with Gasteiger partial charge in [0.25, 0.3) is 0 Å². The number of hydrogen-bond donors (Lipinski definition) is 3. The van der Waals surface area contributed by atoms with Crippen molar-refractivity contribution < 1.29 is 4.79 Å². The van der Waals surface area contributed by atoms with Crippen LogP contribution in [0.15, 0.2) is 42.7 Å². The lowest BCUT2D eigenvalue weighted by molar-refractivity contribution is 0.252. The molecule has 0 unspecified atom stereocenters. The smallest absolute Gasteiger partial charge is 0.319 e. The highest BCUT2D eigenvalue weighted by Crippen LogP contribution is 2.13. The van der Waals surface area contributed by atoms with E-state index in [2.05, 4.69) is 37.1 Å². The molecule has 0 fully saturated rings. The maximum Gasteiger partial charge on any atom is 0.319 e. The summed E-state index contributed by atoms with van der Waals surface area (Å²) in [4.78, 5) is 20.7. The van der Waals surface area contributed by atoms with Gasteiger partial charge in [-0.15, -0.1) is 0 Å². The van der Waals surface area contributed by atoms with Crippen molar-refractivity contribution in [3.8, 4) is 5.82 Å². The third kappa shape index (κ3) is 5.27. The van der Waals surface area contributed by atoms with Crippen LogP contribution in [0, 0.1) is 20.8 Å². The van der Waals surface area contributed by atoms with Crippen molar-refractivity contribution in [1.82, 2.24) is 25.1 Å². The van der Waals surface area contributed by atoms with Gasteiger partial charge in [0.2, 0.25) is 0 Å². The van der Waals surface area contributed by atoms with Crippen LogP contribution in [-0.2, 0) is 0 Å². The quantitative estimate of drug-likeness (QED) is 0.584. The fourth-order valence-corrected chi connectivity index (χ4v) is 2.75. The molecule has 0 radical (unpaired) electrons. The Bertz CT molecular complexity index is 902. The molecule has 0 aliphatic rings. The number of aryl methyl sites for hydroxylation is 3. The molecule has 1 aromatic carbocycles. The van der Waals surface area contributed by atoms with Crippen LogP contribution >= 0.6 is 0 Å². The van der Waals surface area contributed by atoms with Crippen molar-refractivity contribution in [3.63, 3.8) is 0 Å². The lowest BCUT2D eigenvalue weighted by Gasteiger charge is -2.11. The summed E-state index contributed by atoms with van der Waals surface area (Å²) in [6.45, 7) is 6.82. The van der Waals surface area contributed by atoms with E-state index < -0.39 is 0 Å². The average Bonchev–Trinajstić information content (AvgIpc) is 3.12. The van der Waals surface area contributed by atoms with Crippen molar-refractivity contribution in [2.24, 2.45) is 0 Å². The molecule has 0 spiro atoms. The van der Waals surface area contributed by atoms with E-state index in [1.54, 1.807) is 10.9 Å². The predicted octanol–water partition coefficient (Wildman–Crippen LogP) is 2.82. The first-order valence-corrected chi connectivity index (χ1v) is 8.72. The number of nitrogens with one attached hydrogen (secondary N) is 3. The zero-order valence-electron chi connectivity index (χ0n) is 15.7. The highest BCUT2D eigenvalue weighted by molar-refractivity contribution is 5.89. The first-order valence-electron chi connectivity index (χ1n) is 8.72. The van der Waals surface area contributed by atoms with Gasteiger partial charge < -0.3 is 16.0 Å². The van der Waals surface area contributed by atoms with Crippen LogP contribution in [0.25, 0.3) is 5.82 Å². The van der Waals surface area contributed by atoms with Crippen molar-refractivity contribution in [1.29, 1.82) is 0 Å². The monoisotopic (exact) mass is 365 g/mol. The molecule has 0 bridgehead atoms. The molecule has 0 saturated heterocycles. The van der Waals surface area contributed by atoms with E-state index in [0.717, 1.165) is 16.8 Å². The minimum absolute atomic E-state index is 0.238. The molecule has 0 saturated carbocycles. The number of hydrogen-bond acceptors (Lipinski definition) is 5. The van der Waals surface area contributed by atoms with Crippen LogP contribution in [0.1, 0.15) is 17.0 Å². The SMILES string of the molecule is Cc1cc(C)cc(NC(=O)NCCNc2cc(-n3cccn3)nc(C)n2)c1. The van der Waals surface area contributed by atoms with Crippen molar-refractivity contribution in [3.05, 3.63) is 59.7 Å². The molecule has 3 N–H and O–H groups in total. The summed E-state index contributed by atoms with van der Waals surface area (Å²) in [6, 6.07) is 9.35. The van der Waals surface area contributed by atoms with Gasteiger partial charge in [-0.3, -0.25) is 0 Å². The molecule has 8 heteroatoms. The van der Waals surface area contributed by atoms with Crippen LogP contribution in [0.3, 0.4) is 0 Å². The van der Waals surface area contributed by atoms with E-state index in [4.69, 9.17) is 0 Å². The number of benzene rings is 1. The number of carbonyl (C=O) groups excluding carboxylic acids is 1. The number of anilines is 2. The number of carbonyl (C=O) groups is 1. The summed E-state index contributed by atoms with van der Waals surface area (Å²) in [7, 11) is 0. The van der Waals surface area contributed by atoms with Crippen molar-refractivity contribution in [2.75, 3.05) is 23.7 Å². The molecule has 3 rings (SSSR count). The molecule has 3 aromatic rings. The Morgan fingerprint density at radius 3 is 2.52 bits per heavy atom. The minimum Gasteiger partial charge on any atom is -0.368 e. The molecule has 27 heavy (non-hydrogen) atoms. The number of urea groups is 1. The summed E-state index contributed by atoms with van der Waals surface area (Å²) in [6.07, 6.45) is 3.52. The van der Waals surface area contributed by atoms with Crippen LogP contribution < -0.4 is 16.0 Å². The summed E-state index contributed by atoms with van der Waals surface area (Å²) in [5.41, 5.74) is 3.01. The molecule has 140 valence electrons. The largest absolute Gasteiger partial charge is 0.368 e. The minimum atomic E-state index is -0.238. The Hall–Kier alpha value is -3.42. The lowest BCUT2D eigenvalue weighted by Crippen LogP contribution is -2.32. The molecule has 0 atom stereocenters. The summed E-state index contributed by atoms with van der Waals surface area (Å²) < 4.78 is 1.68. The molecule has 2 aromatic heterocycles. The van der Waals surface area contributed by atoms with Gasteiger partial charge in [0.15, 0.2) is 5.82 Å². The predicted molar refractivity (Wildman–Crippen MR) is 105 cm³/mol. The van der Waals surface area contributed by atoms with E-state index in [-0.39, 0.29) is 6.03 Å². The van der Waals surface area contributed by atoms with E-state index in [1.807, 2.05) is 51.2 Å². The van der Waals surface area contributed by atoms with E-state index in [0.29, 0.717) is 30.5 Å². The molecule has 2 amide bonds. The lowest BCUT2D eigenvalue weighted by atomic mass is 10.1. The molecule has 8 nitrogen and oxygen atoms in total. The van der Waals surface area contributed by atoms with E-state index >= 15 is 0 Å². The Morgan fingerprint density at radius 1 is 1.04 bits per heavy atom. The summed E-state index contributed by atoms with van der Waals surface area (Å²) in [5, 5.41) is 13.0. The first kappa shape index (κ1) is 18.4. The van der Waals surface area contributed by atoms with Gasteiger partial charge in [-0.25, -0.2) is 19.4 Å². The number of nitrogens with zero attached hydrogens (tertiary/aromatic N) is 4. The highest BCUT2D eigenvalue weighted by Gasteiger charge is 2.05. The average molecular weight is 365 g/mol. The number of aromatic nitrogens is 4. The fourth-order valence-electron chi connectivity index (χ4n) is 2.75. The second-order valence-electron chi connectivity index (χ2n) is 6.29. The Kier molecular flexibility index (Phi) is 5.65. The van der Waals surface area contributed by atoms with Crippen LogP contribution in [0.4, 0.5) is 16.3 Å². The Morgan fingerprint density at radius 2 is 1.81 bits per heavy atom. The standard InChI is InChI=1S/C19H23N7O/c1-13-9-14(2)11-16(10-13)25-19(27)21-7-6-20-17-12-18(24-15(3)23-17)26-8-4-5-22-26/h4-5,8-12H,6-7H2,1-3H3,(H,20,23,24)(H2,21,25,27). The van der Waals surface area contributed by atoms with Gasteiger partial charge in [-0.05, 0) is 50.1 Å². The van der Waals surface area contributed by atoms with Gasteiger partial charge in [-0.1, -0.05) is 6.07 Å². The fraction of sp³-hybridized carbons (Fsp3) is 0.263. The zero-order valence-corrected chi connectivity index (χ0v) is 15.7. The summed E-state index contributed by atoms with van der Waals surface area (Å²) >= 11 is 0. The Labute approximate surface area is 158 Å². The van der Waals surface area contributed by atoms with Crippen LogP contribution in [-0.4, -0.2) is 38.9 Å². The topological polar surface area (TPSA) is 96.8 Å². The molecule has 0 aliphatic heterocycles. The highest BCUT2D eigenvalue weighted by atomic mass is 16.2. The second-order valence-corrected chi connectivity index (χ2v) is 6.29. The summed E-state index contributed by atoms with van der Waals surface area (Å²) in [5.74, 6) is 2.02. The zero-order chi connectivity index (χ0) is 19.2. The molecular weight excluding hydrogens is 342 g/mol. The number of rotatable bonds is 6. The molecular formula is C19H23N7O. The van der Waals surface area contributed by atoms with Gasteiger partial charge >= 0.3 is 6.03 Å². The van der Waals surface area contributed by atoms with Crippen molar-refractivity contribution in [2.45, 2.75) is 20.8 Å². The third-order valence-electron chi connectivity index (χ3n) is 3.76. The third-order valence-corrected chi connectivity index (χ3v) is 3.76. The van der Waals surface area contributed by atoms with E-state index in [1.165, 1.54) is 0 Å². The van der Waals surface area contributed by atoms with E-state index in [9.17, 15) is 4.79 Å². The second kappa shape index (κ2) is 8.31. The van der Waals surface area contributed by atoms with Gasteiger partial charge in [0.05, 0.1) is 0 Å². The molecule has 0 aliphatic carbocycles. The normalized spacial score (nSPS) is 10.5. The van der Waals surface area contributed by atoms with Crippen LogP contribution in [0.2, 0.25) is 0 Å². The molecule has 2 heterocycles. The first-order chi connectivity index (χ1) is 13.0. The van der Waals surface area contributed by atoms with Gasteiger partial charge in [0.1, 0.15) is 11.6 Å². The number of amides is 2.